The number of benzene rings is 1. The largest absolute Gasteiger partial charge is 0.478 e. The molecule has 2 aliphatic heterocycles. The van der Waals surface area contributed by atoms with Gasteiger partial charge in [0.2, 0.25) is 11.8 Å². The van der Waals surface area contributed by atoms with Gasteiger partial charge in [0.1, 0.15) is 6.61 Å². The van der Waals surface area contributed by atoms with Crippen molar-refractivity contribution in [3.63, 3.8) is 0 Å². The second-order valence-electron chi connectivity index (χ2n) is 7.64. The van der Waals surface area contributed by atoms with Crippen molar-refractivity contribution in [1.82, 2.24) is 9.80 Å². The van der Waals surface area contributed by atoms with E-state index in [4.69, 9.17) is 9.84 Å². The molecular formula is C21H28N2O5. The minimum Gasteiger partial charge on any atom is -0.478 e. The molecule has 3 rings (SSSR count). The van der Waals surface area contributed by atoms with Gasteiger partial charge < -0.3 is 19.6 Å². The van der Waals surface area contributed by atoms with Crippen molar-refractivity contribution in [2.45, 2.75) is 31.6 Å². The Morgan fingerprint density at radius 3 is 2.32 bits per heavy atom. The van der Waals surface area contributed by atoms with Crippen molar-refractivity contribution in [3.05, 3.63) is 35.4 Å². The number of nitrogens with zero attached hydrogens (tertiary/aromatic N) is 2. The molecule has 0 unspecified atom stereocenters. The molecule has 7 nitrogen and oxygen atoms in total. The van der Waals surface area contributed by atoms with Crippen molar-refractivity contribution in [2.24, 2.45) is 5.92 Å². The molecule has 0 aliphatic carbocycles. The molecule has 7 heteroatoms. The lowest BCUT2D eigenvalue weighted by atomic mass is 9.88. The quantitative estimate of drug-likeness (QED) is 0.833. The minimum atomic E-state index is -0.928. The highest BCUT2D eigenvalue weighted by atomic mass is 16.5. The molecule has 1 atom stereocenters. The molecule has 0 radical (unpaired) electrons. The number of carboxylic acid groups (broad SMARTS) is 1. The predicted molar refractivity (Wildman–Crippen MR) is 103 cm³/mol. The second-order valence-corrected chi connectivity index (χ2v) is 7.64. The number of ether oxygens (including phenoxy) is 1. The average molecular weight is 388 g/mol. The standard InChI is InChI=1S/C21H28N2O5/c1-28-14-19(24)22-11-8-16(9-12-22)20(25)23-10-2-3-18(13-23)15-4-6-17(7-5-15)21(26)27/h4-7,16,18H,2-3,8-14H2,1H3,(H,26,27)/t18-/m0/s1. The Morgan fingerprint density at radius 1 is 1.04 bits per heavy atom. The fourth-order valence-electron chi connectivity index (χ4n) is 4.20. The van der Waals surface area contributed by atoms with Crippen LogP contribution in [0.4, 0.5) is 0 Å². The van der Waals surface area contributed by atoms with E-state index in [2.05, 4.69) is 0 Å². The van der Waals surface area contributed by atoms with Gasteiger partial charge in [0.25, 0.3) is 0 Å². The Hall–Kier alpha value is -2.41. The molecule has 1 aromatic rings. The summed E-state index contributed by atoms with van der Waals surface area (Å²) >= 11 is 0. The third-order valence-electron chi connectivity index (χ3n) is 5.83. The molecule has 28 heavy (non-hydrogen) atoms. The number of hydrogen-bond donors (Lipinski definition) is 1. The summed E-state index contributed by atoms with van der Waals surface area (Å²) in [6, 6.07) is 6.99. The Balaban J connectivity index is 1.56. The summed E-state index contributed by atoms with van der Waals surface area (Å²) in [6.45, 7) is 2.74. The fourth-order valence-corrected chi connectivity index (χ4v) is 4.20. The van der Waals surface area contributed by atoms with Gasteiger partial charge in [0.05, 0.1) is 5.56 Å². The lowest BCUT2D eigenvalue weighted by Gasteiger charge is -2.38. The van der Waals surface area contributed by atoms with E-state index in [-0.39, 0.29) is 35.8 Å². The van der Waals surface area contributed by atoms with Gasteiger partial charge >= 0.3 is 5.97 Å². The van der Waals surface area contributed by atoms with Crippen LogP contribution in [0.2, 0.25) is 0 Å². The number of rotatable bonds is 5. The number of carboxylic acids is 1. The number of carbonyl (C=O) groups is 3. The van der Waals surface area contributed by atoms with E-state index in [0.717, 1.165) is 24.9 Å². The first-order valence-corrected chi connectivity index (χ1v) is 9.88. The van der Waals surface area contributed by atoms with Crippen LogP contribution in [0.25, 0.3) is 0 Å². The number of methoxy groups -OCH3 is 1. The van der Waals surface area contributed by atoms with Crippen LogP contribution < -0.4 is 0 Å². The summed E-state index contributed by atoms with van der Waals surface area (Å²) in [5.74, 6) is -0.548. The molecule has 1 aromatic carbocycles. The first-order chi connectivity index (χ1) is 13.5. The van der Waals surface area contributed by atoms with Gasteiger partial charge in [-0.25, -0.2) is 4.79 Å². The van der Waals surface area contributed by atoms with Gasteiger partial charge in [-0.3, -0.25) is 9.59 Å². The van der Waals surface area contributed by atoms with Gasteiger partial charge in [0.15, 0.2) is 0 Å². The number of hydrogen-bond acceptors (Lipinski definition) is 4. The highest BCUT2D eigenvalue weighted by Gasteiger charge is 2.32. The summed E-state index contributed by atoms with van der Waals surface area (Å²) in [6.07, 6.45) is 3.34. The number of carbonyl (C=O) groups excluding carboxylic acids is 2. The summed E-state index contributed by atoms with van der Waals surface area (Å²) in [4.78, 5) is 39.7. The van der Waals surface area contributed by atoms with Crippen LogP contribution in [0, 0.1) is 5.92 Å². The lowest BCUT2D eigenvalue weighted by Crippen LogP contribution is -2.47. The van der Waals surface area contributed by atoms with Crippen molar-refractivity contribution in [1.29, 1.82) is 0 Å². The summed E-state index contributed by atoms with van der Waals surface area (Å²) < 4.78 is 4.90. The molecule has 2 fully saturated rings. The molecule has 2 aliphatic rings. The SMILES string of the molecule is COCC(=O)N1CCC(C(=O)N2CCC[C@H](c3ccc(C(=O)O)cc3)C2)CC1. The molecular weight excluding hydrogens is 360 g/mol. The third-order valence-corrected chi connectivity index (χ3v) is 5.83. The Labute approximate surface area is 165 Å². The fraction of sp³-hybridized carbons (Fsp3) is 0.571. The van der Waals surface area contributed by atoms with E-state index >= 15 is 0 Å². The molecule has 0 aromatic heterocycles. The van der Waals surface area contributed by atoms with Crippen molar-refractivity contribution >= 4 is 17.8 Å². The van der Waals surface area contributed by atoms with Gasteiger partial charge in [0, 0.05) is 45.1 Å². The molecule has 0 spiro atoms. The number of piperidine rings is 2. The average Bonchev–Trinajstić information content (AvgIpc) is 2.73. The smallest absolute Gasteiger partial charge is 0.335 e. The van der Waals surface area contributed by atoms with Crippen LogP contribution in [0.3, 0.4) is 0 Å². The van der Waals surface area contributed by atoms with Gasteiger partial charge in [-0.1, -0.05) is 12.1 Å². The molecule has 2 heterocycles. The summed E-state index contributed by atoms with van der Waals surface area (Å²) in [5, 5.41) is 9.04. The van der Waals surface area contributed by atoms with Gasteiger partial charge in [-0.2, -0.15) is 0 Å². The van der Waals surface area contributed by atoms with Crippen LogP contribution in [0.5, 0.6) is 0 Å². The third kappa shape index (κ3) is 4.70. The maximum absolute atomic E-state index is 13.0. The maximum Gasteiger partial charge on any atom is 0.335 e. The van der Waals surface area contributed by atoms with Crippen LogP contribution >= 0.6 is 0 Å². The predicted octanol–water partition coefficient (Wildman–Crippen LogP) is 1.98. The van der Waals surface area contributed by atoms with Gasteiger partial charge in [-0.05, 0) is 43.4 Å². The number of aromatic carboxylic acids is 1. The van der Waals surface area contributed by atoms with E-state index in [9.17, 15) is 14.4 Å². The molecule has 0 saturated carbocycles. The van der Waals surface area contributed by atoms with Crippen molar-refractivity contribution < 1.29 is 24.2 Å². The molecule has 2 saturated heterocycles. The highest BCUT2D eigenvalue weighted by Crippen LogP contribution is 2.29. The first kappa shape index (κ1) is 20.3. The Bertz CT molecular complexity index is 710. The van der Waals surface area contributed by atoms with Crippen molar-refractivity contribution in [2.75, 3.05) is 39.9 Å². The highest BCUT2D eigenvalue weighted by molar-refractivity contribution is 5.87. The Kier molecular flexibility index (Phi) is 6.67. The number of likely N-dealkylation sites (tertiary alicyclic amines) is 2. The second kappa shape index (κ2) is 9.19. The summed E-state index contributed by atoms with van der Waals surface area (Å²) in [5.41, 5.74) is 1.37. The maximum atomic E-state index is 13.0. The van der Waals surface area contributed by atoms with Gasteiger partial charge in [-0.15, -0.1) is 0 Å². The first-order valence-electron chi connectivity index (χ1n) is 9.88. The zero-order chi connectivity index (χ0) is 20.1. The van der Waals surface area contributed by atoms with E-state index in [1.165, 1.54) is 7.11 Å². The van der Waals surface area contributed by atoms with Crippen molar-refractivity contribution in [3.8, 4) is 0 Å². The minimum absolute atomic E-state index is 0.0174. The Morgan fingerprint density at radius 2 is 1.71 bits per heavy atom. The van der Waals surface area contributed by atoms with E-state index in [0.29, 0.717) is 32.5 Å². The topological polar surface area (TPSA) is 87.2 Å². The zero-order valence-electron chi connectivity index (χ0n) is 16.3. The molecule has 2 amide bonds. The summed E-state index contributed by atoms with van der Waals surface area (Å²) in [7, 11) is 1.51. The molecule has 0 bridgehead atoms. The molecule has 1 N–H and O–H groups in total. The van der Waals surface area contributed by atoms with Crippen LogP contribution in [-0.4, -0.2) is 72.6 Å². The normalized spacial score (nSPS) is 20.8. The van der Waals surface area contributed by atoms with Crippen LogP contribution in [0.1, 0.15) is 47.5 Å². The lowest BCUT2D eigenvalue weighted by molar-refractivity contribution is -0.143. The molecule has 152 valence electrons. The monoisotopic (exact) mass is 388 g/mol. The van der Waals surface area contributed by atoms with E-state index < -0.39 is 5.97 Å². The van der Waals surface area contributed by atoms with Crippen LogP contribution in [-0.2, 0) is 14.3 Å². The van der Waals surface area contributed by atoms with E-state index in [1.807, 2.05) is 17.0 Å². The number of amides is 2. The van der Waals surface area contributed by atoms with E-state index in [1.54, 1.807) is 17.0 Å². The zero-order valence-corrected chi connectivity index (χ0v) is 16.3. The van der Waals surface area contributed by atoms with Crippen LogP contribution in [0.15, 0.2) is 24.3 Å².